The van der Waals surface area contributed by atoms with E-state index in [-0.39, 0.29) is 18.8 Å². The van der Waals surface area contributed by atoms with Crippen molar-refractivity contribution in [3.8, 4) is 5.75 Å². The summed E-state index contributed by atoms with van der Waals surface area (Å²) in [6.45, 7) is 2.21. The fourth-order valence-electron chi connectivity index (χ4n) is 2.34. The number of phenolic OH excluding ortho intramolecular Hbond substituents is 1. The van der Waals surface area contributed by atoms with E-state index in [4.69, 9.17) is 4.74 Å². The first-order valence-corrected chi connectivity index (χ1v) is 12.0. The number of ether oxygens (including phenoxy) is 1. The Balaban J connectivity index is 2.84. The van der Waals surface area contributed by atoms with Gasteiger partial charge in [0.15, 0.2) is 0 Å². The van der Waals surface area contributed by atoms with Crippen molar-refractivity contribution >= 4 is 32.9 Å². The number of aliphatic carboxylic acids is 1. The molecule has 0 aliphatic rings. The van der Waals surface area contributed by atoms with Gasteiger partial charge in [-0.05, 0) is 0 Å². The monoisotopic (exact) mass is 460 g/mol. The van der Waals surface area contributed by atoms with Crippen molar-refractivity contribution in [1.82, 2.24) is 10.6 Å². The van der Waals surface area contributed by atoms with E-state index < -0.39 is 30.1 Å². The Kier molecular flexibility index (Phi) is 11.1. The number of rotatable bonds is 12. The van der Waals surface area contributed by atoms with Gasteiger partial charge in [-0.1, -0.05) is 6.92 Å². The molecule has 1 aromatic carbocycles. The molecule has 0 aromatic heterocycles. The zero-order valence-electron chi connectivity index (χ0n) is 16.1. The molecule has 28 heavy (non-hydrogen) atoms. The summed E-state index contributed by atoms with van der Waals surface area (Å²) < 4.78 is 5.05. The second kappa shape index (κ2) is 13.0. The number of phenols is 1. The minimum atomic E-state index is -1.11. The second-order valence-corrected chi connectivity index (χ2v) is 8.31. The van der Waals surface area contributed by atoms with Gasteiger partial charge in [0.2, 0.25) is 0 Å². The number of aromatic hydroxyl groups is 1. The van der Waals surface area contributed by atoms with Gasteiger partial charge in [-0.2, -0.15) is 0 Å². The fourth-order valence-corrected chi connectivity index (χ4v) is 3.32. The Morgan fingerprint density at radius 3 is 2.39 bits per heavy atom. The maximum absolute atomic E-state index is 12.7. The molecular weight excluding hydrogens is 431 g/mol. The van der Waals surface area contributed by atoms with Crippen LogP contribution < -0.4 is 10.6 Å². The second-order valence-electron chi connectivity index (χ2n) is 6.24. The molecular formula is C19H28N2O6Se. The number of carbonyl (C=O) groups excluding carboxylic acids is 2. The molecule has 0 bridgehead atoms. The summed E-state index contributed by atoms with van der Waals surface area (Å²) in [5.74, 6) is 0.391. The summed E-state index contributed by atoms with van der Waals surface area (Å²) in [4.78, 5) is 36.1. The Hall–Kier alpha value is -2.25. The fraction of sp³-hybridized carbons (Fsp3) is 0.526. The molecule has 0 unspecified atom stereocenters. The van der Waals surface area contributed by atoms with Gasteiger partial charge in [0.1, 0.15) is 0 Å². The molecule has 0 radical (unpaired) electrons. The van der Waals surface area contributed by atoms with Gasteiger partial charge in [-0.3, -0.25) is 0 Å². The number of carboxylic acid groups (broad SMARTS) is 1. The molecule has 1 aromatic rings. The van der Waals surface area contributed by atoms with Gasteiger partial charge in [0.25, 0.3) is 0 Å². The molecule has 9 heteroatoms. The van der Waals surface area contributed by atoms with Crippen LogP contribution in [0.4, 0.5) is 4.79 Å². The normalized spacial score (nSPS) is 12.6. The molecule has 0 aliphatic carbocycles. The van der Waals surface area contributed by atoms with Gasteiger partial charge < -0.3 is 0 Å². The van der Waals surface area contributed by atoms with Gasteiger partial charge in [-0.25, -0.2) is 0 Å². The van der Waals surface area contributed by atoms with E-state index in [0.717, 1.165) is 11.7 Å². The van der Waals surface area contributed by atoms with Crippen molar-refractivity contribution in [3.63, 3.8) is 0 Å². The van der Waals surface area contributed by atoms with Crippen molar-refractivity contribution < 1.29 is 29.3 Å². The van der Waals surface area contributed by atoms with E-state index in [1.165, 1.54) is 12.1 Å². The molecule has 2 atom stereocenters. The molecule has 156 valence electrons. The van der Waals surface area contributed by atoms with E-state index in [1.807, 2.05) is 12.7 Å². The standard InChI is InChI=1S/C19H28N2O6Se/c1-3-4-10-27-19(26)21-16(12-13-5-7-14(22)8-6-13)17(23)20-15(18(24)25)9-11-28-2/h5-8,15-16,22H,3-4,9-12H2,1-2H3,(H,20,23)(H,21,26)(H,24,25)/t15-,16-/m0/s1. The van der Waals surface area contributed by atoms with Crippen LogP contribution >= 0.6 is 0 Å². The predicted molar refractivity (Wildman–Crippen MR) is 106 cm³/mol. The maximum atomic E-state index is 12.7. The predicted octanol–water partition coefficient (Wildman–Crippen LogP) is 1.96. The van der Waals surface area contributed by atoms with E-state index in [1.54, 1.807) is 12.1 Å². The number of hydrogen-bond donors (Lipinski definition) is 4. The number of alkyl carbamates (subject to hydrolysis) is 1. The first-order valence-electron chi connectivity index (χ1n) is 9.10. The third-order valence-corrected chi connectivity index (χ3v) is 5.29. The van der Waals surface area contributed by atoms with Crippen LogP contribution in [0.3, 0.4) is 0 Å². The Bertz CT molecular complexity index is 638. The first-order chi connectivity index (χ1) is 13.4. The van der Waals surface area contributed by atoms with Gasteiger partial charge in [0.05, 0.1) is 0 Å². The minimum absolute atomic E-state index is 0.0871. The molecule has 8 nitrogen and oxygen atoms in total. The number of benzene rings is 1. The van der Waals surface area contributed by atoms with Crippen LogP contribution in [0.15, 0.2) is 24.3 Å². The quantitative estimate of drug-likeness (QED) is 0.280. The molecule has 1 rings (SSSR count). The summed E-state index contributed by atoms with van der Waals surface area (Å²) in [6, 6.07) is 4.23. The summed E-state index contributed by atoms with van der Waals surface area (Å²) in [7, 11) is 0. The molecule has 0 aliphatic heterocycles. The van der Waals surface area contributed by atoms with Gasteiger partial charge in [-0.15, -0.1) is 0 Å². The Labute approximate surface area is 171 Å². The van der Waals surface area contributed by atoms with Crippen LogP contribution in [-0.4, -0.2) is 61.8 Å². The molecule has 2 amide bonds. The summed E-state index contributed by atoms with van der Waals surface area (Å²) in [5, 5.41) is 24.5. The van der Waals surface area contributed by atoms with E-state index >= 15 is 0 Å². The zero-order valence-corrected chi connectivity index (χ0v) is 17.9. The first kappa shape index (κ1) is 23.8. The summed E-state index contributed by atoms with van der Waals surface area (Å²) in [5.41, 5.74) is 0.704. The van der Waals surface area contributed by atoms with Crippen molar-refractivity contribution in [2.45, 2.75) is 55.8 Å². The molecule has 0 fully saturated rings. The molecule has 0 heterocycles. The number of carboxylic acids is 1. The van der Waals surface area contributed by atoms with Crippen LogP contribution in [-0.2, 0) is 20.7 Å². The summed E-state index contributed by atoms with van der Waals surface area (Å²) in [6.07, 6.45) is 1.33. The average Bonchev–Trinajstić information content (AvgIpc) is 2.66. The van der Waals surface area contributed by atoms with Gasteiger partial charge >= 0.3 is 164 Å². The van der Waals surface area contributed by atoms with Crippen LogP contribution in [0.5, 0.6) is 5.75 Å². The Morgan fingerprint density at radius 2 is 1.82 bits per heavy atom. The van der Waals surface area contributed by atoms with Gasteiger partial charge in [0, 0.05) is 0 Å². The van der Waals surface area contributed by atoms with Crippen molar-refractivity contribution in [3.05, 3.63) is 29.8 Å². The molecule has 0 spiro atoms. The third-order valence-electron chi connectivity index (χ3n) is 3.94. The molecule has 0 saturated carbocycles. The molecule has 0 saturated heterocycles. The van der Waals surface area contributed by atoms with Crippen LogP contribution in [0.2, 0.25) is 11.1 Å². The Morgan fingerprint density at radius 1 is 1.14 bits per heavy atom. The van der Waals surface area contributed by atoms with Crippen LogP contribution in [0.25, 0.3) is 0 Å². The van der Waals surface area contributed by atoms with Crippen molar-refractivity contribution in [2.24, 2.45) is 0 Å². The van der Waals surface area contributed by atoms with Crippen molar-refractivity contribution in [2.75, 3.05) is 6.61 Å². The number of amides is 2. The number of nitrogens with one attached hydrogen (secondary N) is 2. The number of unbranched alkanes of at least 4 members (excludes halogenated alkanes) is 1. The van der Waals surface area contributed by atoms with E-state index in [2.05, 4.69) is 10.6 Å². The van der Waals surface area contributed by atoms with Crippen LogP contribution in [0, 0.1) is 0 Å². The van der Waals surface area contributed by atoms with E-state index in [0.29, 0.717) is 33.4 Å². The SMILES string of the molecule is CCCCOC(=O)N[C@@H](Cc1ccc(O)cc1)C(=O)N[C@@H](CC[Se]C)C(=O)O. The summed E-state index contributed by atoms with van der Waals surface area (Å²) >= 11 is 0.297. The zero-order chi connectivity index (χ0) is 20.9. The van der Waals surface area contributed by atoms with E-state index in [9.17, 15) is 24.6 Å². The third kappa shape index (κ3) is 9.10. The average molecular weight is 459 g/mol. The van der Waals surface area contributed by atoms with Crippen molar-refractivity contribution in [1.29, 1.82) is 0 Å². The number of hydrogen-bond acceptors (Lipinski definition) is 5. The number of carbonyl (C=O) groups is 3. The topological polar surface area (TPSA) is 125 Å². The molecule has 4 N–H and O–H groups in total. The van der Waals surface area contributed by atoms with Crippen LogP contribution in [0.1, 0.15) is 31.7 Å².